The standard InChI is InChI=1S/C16H12BBrF2N2/c1-11-8-12(10-13(18)9-11)16-14-4-2-6-21(14)17(19,20)22-7-3-5-15(16)22/h2-10H,1H3. The van der Waals surface area contributed by atoms with Gasteiger partial charge in [-0.15, -0.1) is 0 Å². The van der Waals surface area contributed by atoms with Gasteiger partial charge in [-0.25, -0.2) is 0 Å². The molecule has 0 atom stereocenters. The van der Waals surface area contributed by atoms with E-state index in [0.717, 1.165) is 30.1 Å². The first-order valence-corrected chi connectivity index (χ1v) is 7.79. The monoisotopic (exact) mass is 360 g/mol. The molecule has 0 amide bonds. The lowest BCUT2D eigenvalue weighted by Crippen LogP contribution is -2.49. The third-order valence-corrected chi connectivity index (χ3v) is 4.53. The van der Waals surface area contributed by atoms with Crippen LogP contribution in [-0.2, 0) is 0 Å². The average Bonchev–Trinajstić information content (AvgIpc) is 3.06. The second-order valence-corrected chi connectivity index (χ2v) is 6.50. The van der Waals surface area contributed by atoms with Gasteiger partial charge in [0.1, 0.15) is 6.21 Å². The predicted octanol–water partition coefficient (Wildman–Crippen LogP) is 4.21. The summed E-state index contributed by atoms with van der Waals surface area (Å²) in [7, 11) is 0. The number of hydrogen-bond donors (Lipinski definition) is 0. The van der Waals surface area contributed by atoms with Crippen molar-refractivity contribution >= 4 is 34.7 Å². The Morgan fingerprint density at radius 1 is 1.23 bits per heavy atom. The first-order chi connectivity index (χ1) is 10.5. The highest BCUT2D eigenvalue weighted by Crippen LogP contribution is 2.39. The molecule has 3 heterocycles. The topological polar surface area (TPSA) is 7.94 Å². The molecule has 2 aromatic rings. The maximum atomic E-state index is 14.7. The Balaban J connectivity index is 2.06. The first kappa shape index (κ1) is 13.7. The summed E-state index contributed by atoms with van der Waals surface area (Å²) in [5.41, 5.74) is 3.93. The number of rotatable bonds is 1. The fourth-order valence-corrected chi connectivity index (χ4v) is 3.80. The molecule has 110 valence electrons. The second kappa shape index (κ2) is 4.52. The molecule has 0 N–H and O–H groups in total. The van der Waals surface area contributed by atoms with Crippen molar-refractivity contribution in [1.29, 1.82) is 0 Å². The molecule has 0 fully saturated rings. The Morgan fingerprint density at radius 2 is 2.05 bits per heavy atom. The van der Waals surface area contributed by atoms with E-state index in [2.05, 4.69) is 15.9 Å². The molecule has 2 aliphatic heterocycles. The second-order valence-electron chi connectivity index (χ2n) is 5.58. The molecule has 2 aliphatic rings. The molecule has 4 rings (SSSR count). The van der Waals surface area contributed by atoms with Crippen molar-refractivity contribution in [1.82, 2.24) is 4.48 Å². The van der Waals surface area contributed by atoms with Gasteiger partial charge in [0, 0.05) is 22.3 Å². The van der Waals surface area contributed by atoms with Crippen molar-refractivity contribution in [2.45, 2.75) is 6.92 Å². The molecule has 0 saturated carbocycles. The number of allylic oxidation sites excluding steroid dienone is 2. The highest BCUT2D eigenvalue weighted by Gasteiger charge is 2.51. The molecular weight excluding hydrogens is 349 g/mol. The highest BCUT2D eigenvalue weighted by atomic mass is 79.9. The summed E-state index contributed by atoms with van der Waals surface area (Å²) < 4.78 is 32.4. The van der Waals surface area contributed by atoms with Crippen molar-refractivity contribution in [3.05, 3.63) is 75.7 Å². The van der Waals surface area contributed by atoms with E-state index in [1.807, 2.05) is 25.1 Å². The summed E-state index contributed by atoms with van der Waals surface area (Å²) in [6.45, 7) is -1.84. The van der Waals surface area contributed by atoms with E-state index >= 15 is 0 Å². The van der Waals surface area contributed by atoms with Gasteiger partial charge < -0.3 is 17.6 Å². The van der Waals surface area contributed by atoms with Crippen molar-refractivity contribution in [3.63, 3.8) is 0 Å². The zero-order valence-electron chi connectivity index (χ0n) is 11.8. The Kier molecular flexibility index (Phi) is 2.82. The third kappa shape index (κ3) is 1.80. The van der Waals surface area contributed by atoms with Crippen LogP contribution in [-0.4, -0.2) is 22.1 Å². The quantitative estimate of drug-likeness (QED) is 0.673. The van der Waals surface area contributed by atoms with E-state index in [4.69, 9.17) is 0 Å². The summed E-state index contributed by atoms with van der Waals surface area (Å²) in [4.78, 5) is 0. The summed E-state index contributed by atoms with van der Waals surface area (Å²) in [6, 6.07) is 9.41. The van der Waals surface area contributed by atoms with E-state index in [0.29, 0.717) is 11.4 Å². The van der Waals surface area contributed by atoms with E-state index in [-0.39, 0.29) is 0 Å². The Hall–Kier alpha value is -1.95. The number of fused-ring (bicyclic) bond motifs is 2. The largest absolute Gasteiger partial charge is 0.737 e. The molecule has 0 saturated heterocycles. The molecule has 0 bridgehead atoms. The van der Waals surface area contributed by atoms with E-state index in [9.17, 15) is 8.63 Å². The van der Waals surface area contributed by atoms with Crippen LogP contribution in [0.5, 0.6) is 0 Å². The zero-order chi connectivity index (χ0) is 15.5. The number of nitrogens with zero attached hydrogens (tertiary/aromatic N) is 2. The molecule has 0 unspecified atom stereocenters. The predicted molar refractivity (Wildman–Crippen MR) is 88.2 cm³/mol. The number of benzene rings is 1. The minimum atomic E-state index is -3.83. The molecule has 1 aromatic carbocycles. The van der Waals surface area contributed by atoms with Crippen LogP contribution in [0, 0.1) is 6.92 Å². The number of aryl methyl sites for hydroxylation is 1. The summed E-state index contributed by atoms with van der Waals surface area (Å²) >= 11 is 3.49. The van der Waals surface area contributed by atoms with Gasteiger partial charge in [-0.3, -0.25) is 0 Å². The van der Waals surface area contributed by atoms with Crippen LogP contribution >= 0.6 is 15.9 Å². The van der Waals surface area contributed by atoms with Gasteiger partial charge in [-0.2, -0.15) is 0 Å². The zero-order valence-corrected chi connectivity index (χ0v) is 13.4. The third-order valence-electron chi connectivity index (χ3n) is 4.07. The minimum absolute atomic E-state index is 0.550. The molecule has 1 aromatic heterocycles. The Labute approximate surface area is 135 Å². The van der Waals surface area contributed by atoms with Gasteiger partial charge in [0.25, 0.3) is 0 Å². The van der Waals surface area contributed by atoms with Crippen molar-refractivity contribution in [3.8, 4) is 0 Å². The Bertz CT molecular complexity index is 873. The lowest BCUT2D eigenvalue weighted by Gasteiger charge is -2.31. The molecule has 6 heteroatoms. The van der Waals surface area contributed by atoms with E-state index in [1.54, 1.807) is 24.3 Å². The molecular formula is C16H12BBrF2N2. The number of hydrogen-bond acceptors (Lipinski definition) is 0. The van der Waals surface area contributed by atoms with Crippen molar-refractivity contribution < 1.29 is 13.1 Å². The lowest BCUT2D eigenvalue weighted by molar-refractivity contribution is -0.356. The van der Waals surface area contributed by atoms with Crippen LogP contribution in [0.1, 0.15) is 16.8 Å². The van der Waals surface area contributed by atoms with Gasteiger partial charge in [0.05, 0.1) is 5.57 Å². The fraction of sp³-hybridized carbons (Fsp3) is 0.0625. The molecule has 0 aliphatic carbocycles. The molecule has 22 heavy (non-hydrogen) atoms. The maximum absolute atomic E-state index is 14.7. The van der Waals surface area contributed by atoms with E-state index in [1.165, 1.54) is 12.4 Å². The average molecular weight is 361 g/mol. The summed E-state index contributed by atoms with van der Waals surface area (Å²) in [6.07, 6.45) is 6.31. The molecule has 0 spiro atoms. The first-order valence-electron chi connectivity index (χ1n) is 7.00. The van der Waals surface area contributed by atoms with Gasteiger partial charge in [-0.05, 0) is 48.5 Å². The van der Waals surface area contributed by atoms with Gasteiger partial charge in [0.2, 0.25) is 0 Å². The number of halogens is 3. The SMILES string of the molecule is Cc1cc(Br)cc(C2=C3C=CC=[N+]3[B-](F)(F)n3cccc32)c1. The normalized spacial score (nSPS) is 18.3. The van der Waals surface area contributed by atoms with Crippen molar-refractivity contribution in [2.24, 2.45) is 0 Å². The van der Waals surface area contributed by atoms with Crippen molar-refractivity contribution in [2.75, 3.05) is 0 Å². The van der Waals surface area contributed by atoms with E-state index < -0.39 is 6.97 Å². The summed E-state index contributed by atoms with van der Waals surface area (Å²) in [5.74, 6) is 0. The van der Waals surface area contributed by atoms with Crippen LogP contribution in [0.4, 0.5) is 8.63 Å². The van der Waals surface area contributed by atoms with Gasteiger partial charge in [-0.1, -0.05) is 22.0 Å². The van der Waals surface area contributed by atoms with Gasteiger partial charge in [0.15, 0.2) is 5.70 Å². The van der Waals surface area contributed by atoms with Crippen LogP contribution in [0.15, 0.2) is 58.9 Å². The summed E-state index contributed by atoms with van der Waals surface area (Å²) in [5, 5.41) is 0. The minimum Gasteiger partial charge on any atom is -0.396 e. The van der Waals surface area contributed by atoms with Crippen LogP contribution < -0.4 is 0 Å². The highest BCUT2D eigenvalue weighted by molar-refractivity contribution is 9.10. The van der Waals surface area contributed by atoms with Crippen LogP contribution in [0.25, 0.3) is 5.57 Å². The van der Waals surface area contributed by atoms with Gasteiger partial charge >= 0.3 is 6.97 Å². The smallest absolute Gasteiger partial charge is 0.396 e. The lowest BCUT2D eigenvalue weighted by atomic mass is 9.86. The Morgan fingerprint density at radius 3 is 2.82 bits per heavy atom. The van der Waals surface area contributed by atoms with Crippen LogP contribution in [0.3, 0.4) is 0 Å². The maximum Gasteiger partial charge on any atom is 0.737 e. The van der Waals surface area contributed by atoms with Crippen LogP contribution in [0.2, 0.25) is 0 Å². The fourth-order valence-electron chi connectivity index (χ4n) is 3.19. The molecule has 0 radical (unpaired) electrons. The number of aromatic nitrogens is 1. The molecule has 2 nitrogen and oxygen atoms in total.